The predicted octanol–water partition coefficient (Wildman–Crippen LogP) is -1.04. The van der Waals surface area contributed by atoms with Gasteiger partial charge in [-0.15, -0.1) is 0 Å². The Hall–Kier alpha value is -1.88. The van der Waals surface area contributed by atoms with E-state index in [2.05, 4.69) is 20.3 Å². The van der Waals surface area contributed by atoms with Gasteiger partial charge in [0.15, 0.2) is 17.7 Å². The number of imidazole rings is 1. The molecule has 1 aliphatic rings. The summed E-state index contributed by atoms with van der Waals surface area (Å²) in [5, 5.41) is 23.3. The van der Waals surface area contributed by atoms with Crippen LogP contribution in [0.5, 0.6) is 0 Å². The van der Waals surface area contributed by atoms with E-state index in [9.17, 15) is 10.2 Å². The lowest BCUT2D eigenvalue weighted by molar-refractivity contribution is -0.0218. The molecule has 22 heavy (non-hydrogen) atoms. The number of fused-ring (bicyclic) bond motifs is 1. The van der Waals surface area contributed by atoms with Crippen LogP contribution in [0.25, 0.3) is 11.2 Å². The maximum Gasteiger partial charge on any atom is 0.167 e. The van der Waals surface area contributed by atoms with Crippen molar-refractivity contribution < 1.29 is 14.9 Å². The molecule has 10 heteroatoms. The highest BCUT2D eigenvalue weighted by molar-refractivity contribution is 7.80. The smallest absolute Gasteiger partial charge is 0.167 e. The van der Waals surface area contributed by atoms with Crippen molar-refractivity contribution in [1.82, 2.24) is 24.8 Å². The van der Waals surface area contributed by atoms with Gasteiger partial charge in [-0.25, -0.2) is 15.0 Å². The second kappa shape index (κ2) is 5.72. The van der Waals surface area contributed by atoms with Crippen LogP contribution in [0.2, 0.25) is 0 Å². The number of aliphatic hydroxyl groups excluding tert-OH is 2. The van der Waals surface area contributed by atoms with Crippen LogP contribution in [-0.2, 0) is 4.74 Å². The molecule has 9 nitrogen and oxygen atoms in total. The fourth-order valence-corrected chi connectivity index (χ4v) is 2.78. The van der Waals surface area contributed by atoms with Gasteiger partial charge in [0.1, 0.15) is 35.1 Å². The second-order valence-corrected chi connectivity index (χ2v) is 5.35. The molecule has 2 aromatic rings. The lowest BCUT2D eigenvalue weighted by Gasteiger charge is -2.16. The number of aromatic nitrogens is 4. The van der Waals surface area contributed by atoms with Crippen LogP contribution in [0.15, 0.2) is 12.7 Å². The van der Waals surface area contributed by atoms with Crippen molar-refractivity contribution in [2.45, 2.75) is 31.5 Å². The molecule has 0 aromatic carbocycles. The largest absolute Gasteiger partial charge is 0.387 e. The molecule has 118 valence electrons. The number of nitrogens with zero attached hydrogens (tertiary/aromatic N) is 4. The predicted molar refractivity (Wildman–Crippen MR) is 81.9 cm³/mol. The minimum absolute atomic E-state index is 0.233. The maximum absolute atomic E-state index is 10.3. The Morgan fingerprint density at radius 2 is 2.18 bits per heavy atom. The van der Waals surface area contributed by atoms with Crippen LogP contribution >= 0.6 is 12.2 Å². The molecule has 4 atom stereocenters. The lowest BCUT2D eigenvalue weighted by atomic mass is 10.1. The SMILES string of the molecule is CCNC(=S)[C@H]1O[C@@H](n2cnc3c(N)ncnc32)[C@H](O)[C@@H]1O. The van der Waals surface area contributed by atoms with Crippen molar-refractivity contribution in [2.24, 2.45) is 0 Å². The first-order chi connectivity index (χ1) is 10.5. The number of nitrogens with two attached hydrogens (primary N) is 1. The van der Waals surface area contributed by atoms with Crippen molar-refractivity contribution >= 4 is 34.2 Å². The van der Waals surface area contributed by atoms with Crippen LogP contribution in [0.3, 0.4) is 0 Å². The number of nitrogen functional groups attached to an aromatic ring is 1. The van der Waals surface area contributed by atoms with Crippen molar-refractivity contribution in [3.63, 3.8) is 0 Å². The molecule has 0 bridgehead atoms. The Morgan fingerprint density at radius 1 is 1.41 bits per heavy atom. The molecule has 1 aliphatic heterocycles. The molecular formula is C12H16N6O3S. The third-order valence-electron chi connectivity index (χ3n) is 3.51. The number of likely N-dealkylation sites (N-methyl/N-ethyl adjacent to an activating group) is 1. The molecule has 1 fully saturated rings. The zero-order valence-electron chi connectivity index (χ0n) is 11.7. The molecule has 0 spiro atoms. The van der Waals surface area contributed by atoms with E-state index in [1.54, 1.807) is 0 Å². The van der Waals surface area contributed by atoms with Crippen LogP contribution in [0.1, 0.15) is 13.2 Å². The van der Waals surface area contributed by atoms with E-state index < -0.39 is 24.5 Å². The highest BCUT2D eigenvalue weighted by atomic mass is 32.1. The van der Waals surface area contributed by atoms with Gasteiger partial charge in [-0.1, -0.05) is 12.2 Å². The molecule has 0 amide bonds. The number of hydrogen-bond acceptors (Lipinski definition) is 8. The summed E-state index contributed by atoms with van der Waals surface area (Å²) >= 11 is 5.16. The van der Waals surface area contributed by atoms with E-state index in [1.807, 2.05) is 6.92 Å². The molecular weight excluding hydrogens is 308 g/mol. The van der Waals surface area contributed by atoms with Crippen molar-refractivity contribution in [3.8, 4) is 0 Å². The van der Waals surface area contributed by atoms with Gasteiger partial charge in [0, 0.05) is 6.54 Å². The number of thiocarbonyl (C=S) groups is 1. The summed E-state index contributed by atoms with van der Waals surface area (Å²) in [4.78, 5) is 12.4. The molecule has 2 aromatic heterocycles. The molecule has 3 heterocycles. The first-order valence-corrected chi connectivity index (χ1v) is 7.17. The Kier molecular flexibility index (Phi) is 3.91. The Morgan fingerprint density at radius 3 is 2.91 bits per heavy atom. The number of rotatable bonds is 3. The number of nitrogens with one attached hydrogen (secondary N) is 1. The molecule has 3 rings (SSSR count). The first-order valence-electron chi connectivity index (χ1n) is 6.77. The third kappa shape index (κ3) is 2.29. The Labute approximate surface area is 131 Å². The standard InChI is InChI=1S/C12H16N6O3S/c1-2-14-11(22)8-6(19)7(20)12(21-8)18-4-17-5-9(13)15-3-16-10(5)18/h3-4,6-8,12,19-20H,2H2,1H3,(H,14,22)(H2,13,15,16)/t6-,7+,8-,12+/m0/s1. The third-order valence-corrected chi connectivity index (χ3v) is 3.89. The van der Waals surface area contributed by atoms with Gasteiger partial charge in [0.05, 0.1) is 6.33 Å². The molecule has 0 aliphatic carbocycles. The highest BCUT2D eigenvalue weighted by Crippen LogP contribution is 2.32. The van der Waals surface area contributed by atoms with E-state index in [-0.39, 0.29) is 5.82 Å². The van der Waals surface area contributed by atoms with Crippen LogP contribution < -0.4 is 11.1 Å². The van der Waals surface area contributed by atoms with Gasteiger partial charge in [0.25, 0.3) is 0 Å². The van der Waals surface area contributed by atoms with E-state index in [0.29, 0.717) is 22.7 Å². The maximum atomic E-state index is 10.3. The lowest BCUT2D eigenvalue weighted by Crippen LogP contribution is -2.41. The fraction of sp³-hybridized carbons (Fsp3) is 0.500. The highest BCUT2D eigenvalue weighted by Gasteiger charge is 2.46. The summed E-state index contributed by atoms with van der Waals surface area (Å²) in [7, 11) is 0. The molecule has 5 N–H and O–H groups in total. The van der Waals surface area contributed by atoms with Crippen molar-refractivity contribution in [1.29, 1.82) is 0 Å². The fourth-order valence-electron chi connectivity index (χ4n) is 2.44. The van der Waals surface area contributed by atoms with E-state index in [0.717, 1.165) is 0 Å². The van der Waals surface area contributed by atoms with E-state index >= 15 is 0 Å². The number of hydrogen-bond donors (Lipinski definition) is 4. The number of anilines is 1. The summed E-state index contributed by atoms with van der Waals surface area (Å²) in [5.74, 6) is 0.233. The quantitative estimate of drug-likeness (QED) is 0.523. The van der Waals surface area contributed by atoms with Crippen LogP contribution in [0.4, 0.5) is 5.82 Å². The van der Waals surface area contributed by atoms with Gasteiger partial charge in [-0.2, -0.15) is 0 Å². The molecule has 0 saturated carbocycles. The molecule has 0 radical (unpaired) electrons. The normalized spacial score (nSPS) is 28.1. The Bertz CT molecular complexity index is 707. The monoisotopic (exact) mass is 324 g/mol. The minimum Gasteiger partial charge on any atom is -0.387 e. The number of ether oxygens (including phenoxy) is 1. The average Bonchev–Trinajstić information content (AvgIpc) is 3.03. The topological polar surface area (TPSA) is 131 Å². The summed E-state index contributed by atoms with van der Waals surface area (Å²) in [6.45, 7) is 2.48. The summed E-state index contributed by atoms with van der Waals surface area (Å²) in [6, 6.07) is 0. The van der Waals surface area contributed by atoms with Crippen LogP contribution in [0, 0.1) is 0 Å². The van der Waals surface area contributed by atoms with Crippen molar-refractivity contribution in [3.05, 3.63) is 12.7 Å². The first kappa shape index (κ1) is 15.0. The zero-order valence-corrected chi connectivity index (χ0v) is 12.6. The van der Waals surface area contributed by atoms with Crippen LogP contribution in [-0.4, -0.2) is 59.6 Å². The summed E-state index contributed by atoms with van der Waals surface area (Å²) in [6.07, 6.45) is -1.24. The summed E-state index contributed by atoms with van der Waals surface area (Å²) < 4.78 is 7.22. The summed E-state index contributed by atoms with van der Waals surface area (Å²) in [5.41, 5.74) is 6.56. The van der Waals surface area contributed by atoms with E-state index in [4.69, 9.17) is 22.7 Å². The Balaban J connectivity index is 1.94. The second-order valence-electron chi connectivity index (χ2n) is 4.91. The van der Waals surface area contributed by atoms with Gasteiger partial charge in [0.2, 0.25) is 0 Å². The molecule has 0 unspecified atom stereocenters. The van der Waals surface area contributed by atoms with Gasteiger partial charge >= 0.3 is 0 Å². The number of aliphatic hydroxyl groups is 2. The van der Waals surface area contributed by atoms with Crippen molar-refractivity contribution in [2.75, 3.05) is 12.3 Å². The van der Waals surface area contributed by atoms with Gasteiger partial charge < -0.3 is 26.0 Å². The molecule has 1 saturated heterocycles. The van der Waals surface area contributed by atoms with Gasteiger partial charge in [-0.3, -0.25) is 4.57 Å². The minimum atomic E-state index is -1.17. The average molecular weight is 324 g/mol. The van der Waals surface area contributed by atoms with Gasteiger partial charge in [-0.05, 0) is 6.92 Å². The van der Waals surface area contributed by atoms with E-state index in [1.165, 1.54) is 17.2 Å². The zero-order chi connectivity index (χ0) is 15.9.